The molecule has 0 aromatic heterocycles. The van der Waals surface area contributed by atoms with Gasteiger partial charge < -0.3 is 15.2 Å². The highest BCUT2D eigenvalue weighted by Gasteiger charge is 2.20. The molecule has 1 aromatic carbocycles. The van der Waals surface area contributed by atoms with Crippen molar-refractivity contribution in [2.45, 2.75) is 6.10 Å². The van der Waals surface area contributed by atoms with Crippen molar-refractivity contribution in [2.75, 3.05) is 19.8 Å². The quantitative estimate of drug-likeness (QED) is 0.875. The molecule has 2 rings (SSSR count). The largest absolute Gasteiger partial charge is 0.484 e. The van der Waals surface area contributed by atoms with E-state index in [9.17, 15) is 0 Å². The van der Waals surface area contributed by atoms with Crippen molar-refractivity contribution in [1.29, 1.82) is 0 Å². The van der Waals surface area contributed by atoms with Crippen LogP contribution in [0.2, 0.25) is 5.02 Å². The van der Waals surface area contributed by atoms with E-state index in [-0.39, 0.29) is 6.10 Å². The van der Waals surface area contributed by atoms with E-state index in [2.05, 4.69) is 0 Å². The van der Waals surface area contributed by atoms with Gasteiger partial charge in [0.1, 0.15) is 11.9 Å². The molecule has 0 bridgehead atoms. The Labute approximate surface area is 99.8 Å². The fourth-order valence-electron chi connectivity index (χ4n) is 1.38. The molecule has 1 saturated heterocycles. The molecule has 16 heavy (non-hydrogen) atoms. The predicted molar refractivity (Wildman–Crippen MR) is 64.8 cm³/mol. The average molecular weight is 240 g/mol. The van der Waals surface area contributed by atoms with Crippen molar-refractivity contribution >= 4 is 17.7 Å². The molecule has 1 fully saturated rings. The van der Waals surface area contributed by atoms with Gasteiger partial charge in [0.05, 0.1) is 18.2 Å². The number of hydrogen-bond donors (Lipinski definition) is 1. The summed E-state index contributed by atoms with van der Waals surface area (Å²) in [6.45, 7) is 1.81. The monoisotopic (exact) mass is 239 g/mol. The van der Waals surface area contributed by atoms with E-state index in [1.54, 1.807) is 0 Å². The maximum atomic E-state index is 6.10. The Morgan fingerprint density at radius 2 is 2.31 bits per heavy atom. The third-order valence-corrected chi connectivity index (χ3v) is 2.60. The van der Waals surface area contributed by atoms with Gasteiger partial charge >= 0.3 is 0 Å². The molecule has 0 aliphatic carbocycles. The first-order valence-electron chi connectivity index (χ1n) is 5.20. The lowest BCUT2D eigenvalue weighted by Crippen LogP contribution is -2.38. The second-order valence-electron chi connectivity index (χ2n) is 3.61. The van der Waals surface area contributed by atoms with E-state index in [4.69, 9.17) is 26.8 Å². The van der Waals surface area contributed by atoms with Gasteiger partial charge in [0.25, 0.3) is 0 Å². The summed E-state index contributed by atoms with van der Waals surface area (Å²) >= 11 is 6.10. The summed E-state index contributed by atoms with van der Waals surface area (Å²) in [4.78, 5) is 0. The number of nitrogens with two attached hydrogens (primary N) is 1. The fraction of sp³-hybridized carbons (Fsp3) is 0.333. The number of ether oxygens (including phenoxy) is 2. The van der Waals surface area contributed by atoms with Gasteiger partial charge in [0.2, 0.25) is 0 Å². The van der Waals surface area contributed by atoms with Crippen LogP contribution in [0.1, 0.15) is 5.56 Å². The molecule has 1 aliphatic heterocycles. The van der Waals surface area contributed by atoms with Gasteiger partial charge in [-0.2, -0.15) is 0 Å². The van der Waals surface area contributed by atoms with Gasteiger partial charge in [-0.05, 0) is 17.7 Å². The van der Waals surface area contributed by atoms with Crippen LogP contribution in [0.5, 0.6) is 5.75 Å². The van der Waals surface area contributed by atoms with Crippen molar-refractivity contribution in [3.63, 3.8) is 0 Å². The Morgan fingerprint density at radius 1 is 1.50 bits per heavy atom. The topological polar surface area (TPSA) is 44.5 Å². The minimum absolute atomic E-state index is 0.142. The highest BCUT2D eigenvalue weighted by Crippen LogP contribution is 2.27. The van der Waals surface area contributed by atoms with Gasteiger partial charge in [-0.25, -0.2) is 0 Å². The van der Waals surface area contributed by atoms with Crippen LogP contribution in [0.25, 0.3) is 6.08 Å². The maximum absolute atomic E-state index is 6.10. The normalized spacial score (nSPS) is 16.4. The molecule has 0 saturated carbocycles. The van der Waals surface area contributed by atoms with Crippen molar-refractivity contribution in [3.8, 4) is 5.75 Å². The van der Waals surface area contributed by atoms with Crippen molar-refractivity contribution < 1.29 is 9.47 Å². The molecule has 1 aromatic rings. The lowest BCUT2D eigenvalue weighted by molar-refractivity contribution is -0.0796. The van der Waals surface area contributed by atoms with Crippen LogP contribution < -0.4 is 10.5 Å². The van der Waals surface area contributed by atoms with Crippen LogP contribution in [0.3, 0.4) is 0 Å². The van der Waals surface area contributed by atoms with Crippen LogP contribution in [0.15, 0.2) is 24.3 Å². The van der Waals surface area contributed by atoms with Crippen LogP contribution >= 0.6 is 11.6 Å². The number of halogens is 1. The van der Waals surface area contributed by atoms with E-state index in [1.165, 1.54) is 0 Å². The Kier molecular flexibility index (Phi) is 3.83. The summed E-state index contributed by atoms with van der Waals surface area (Å²) in [5, 5.41) is 0.617. The summed E-state index contributed by atoms with van der Waals surface area (Å²) in [6, 6.07) is 5.69. The van der Waals surface area contributed by atoms with E-state index in [0.717, 1.165) is 5.56 Å². The zero-order chi connectivity index (χ0) is 11.4. The summed E-state index contributed by atoms with van der Waals surface area (Å²) in [7, 11) is 0. The first-order chi connectivity index (χ1) is 7.79. The van der Waals surface area contributed by atoms with Gasteiger partial charge in [0, 0.05) is 6.54 Å². The van der Waals surface area contributed by atoms with Gasteiger partial charge in [-0.15, -0.1) is 0 Å². The smallest absolute Gasteiger partial charge is 0.145 e. The molecule has 86 valence electrons. The molecular formula is C12H14ClNO2. The summed E-state index contributed by atoms with van der Waals surface area (Å²) in [5.41, 5.74) is 6.40. The van der Waals surface area contributed by atoms with Crippen molar-refractivity contribution in [1.82, 2.24) is 0 Å². The minimum atomic E-state index is 0.142. The lowest BCUT2D eigenvalue weighted by Gasteiger charge is -2.27. The van der Waals surface area contributed by atoms with E-state index >= 15 is 0 Å². The van der Waals surface area contributed by atoms with Gasteiger partial charge in [-0.1, -0.05) is 29.8 Å². The molecule has 4 heteroatoms. The zero-order valence-electron chi connectivity index (χ0n) is 8.86. The maximum Gasteiger partial charge on any atom is 0.145 e. The predicted octanol–water partition coefficient (Wildman–Crippen LogP) is 2.09. The SMILES string of the molecule is NC/C=C/c1ccc(OC2COC2)c(Cl)c1. The fourth-order valence-corrected chi connectivity index (χ4v) is 1.62. The first-order valence-corrected chi connectivity index (χ1v) is 5.58. The first kappa shape index (κ1) is 11.5. The second kappa shape index (κ2) is 5.34. The molecular weight excluding hydrogens is 226 g/mol. The summed E-state index contributed by atoms with van der Waals surface area (Å²) < 4.78 is 10.7. The average Bonchev–Trinajstić information content (AvgIpc) is 2.22. The second-order valence-corrected chi connectivity index (χ2v) is 4.01. The van der Waals surface area contributed by atoms with Crippen LogP contribution in [0, 0.1) is 0 Å². The van der Waals surface area contributed by atoms with E-state index < -0.39 is 0 Å². The molecule has 0 spiro atoms. The van der Waals surface area contributed by atoms with Gasteiger partial charge in [-0.3, -0.25) is 0 Å². The highest BCUT2D eigenvalue weighted by molar-refractivity contribution is 6.32. The third-order valence-electron chi connectivity index (χ3n) is 2.30. The summed E-state index contributed by atoms with van der Waals surface area (Å²) in [5.74, 6) is 0.708. The highest BCUT2D eigenvalue weighted by atomic mass is 35.5. The van der Waals surface area contributed by atoms with Crippen LogP contribution in [-0.4, -0.2) is 25.9 Å². The molecule has 2 N–H and O–H groups in total. The van der Waals surface area contributed by atoms with Crippen molar-refractivity contribution in [3.05, 3.63) is 34.9 Å². The van der Waals surface area contributed by atoms with E-state index in [1.807, 2.05) is 30.4 Å². The van der Waals surface area contributed by atoms with Crippen LogP contribution in [-0.2, 0) is 4.74 Å². The molecule has 0 unspecified atom stereocenters. The Balaban J connectivity index is 2.06. The standard InChI is InChI=1S/C12H14ClNO2/c13-11-6-9(2-1-5-14)3-4-12(11)16-10-7-15-8-10/h1-4,6,10H,5,7-8,14H2/b2-1+. The van der Waals surface area contributed by atoms with Crippen molar-refractivity contribution in [2.24, 2.45) is 5.73 Å². The Bertz CT molecular complexity index is 389. The molecule has 0 radical (unpaired) electrons. The Hall–Kier alpha value is -1.03. The van der Waals surface area contributed by atoms with E-state index in [0.29, 0.717) is 30.5 Å². The number of rotatable bonds is 4. The Morgan fingerprint density at radius 3 is 2.88 bits per heavy atom. The third kappa shape index (κ3) is 2.76. The van der Waals surface area contributed by atoms with Gasteiger partial charge in [0.15, 0.2) is 0 Å². The molecule has 1 heterocycles. The minimum Gasteiger partial charge on any atom is -0.484 e. The zero-order valence-corrected chi connectivity index (χ0v) is 9.61. The molecule has 0 atom stereocenters. The number of hydrogen-bond acceptors (Lipinski definition) is 3. The van der Waals surface area contributed by atoms with Crippen LogP contribution in [0.4, 0.5) is 0 Å². The lowest BCUT2D eigenvalue weighted by atomic mass is 10.2. The molecule has 0 amide bonds. The number of benzene rings is 1. The summed E-state index contributed by atoms with van der Waals surface area (Å²) in [6.07, 6.45) is 3.96. The molecule has 1 aliphatic rings. The molecule has 3 nitrogen and oxygen atoms in total.